The van der Waals surface area contributed by atoms with Crippen molar-refractivity contribution in [1.82, 2.24) is 0 Å². The Morgan fingerprint density at radius 2 is 2.11 bits per heavy atom. The van der Waals surface area contributed by atoms with Gasteiger partial charge in [-0.3, -0.25) is 0 Å². The van der Waals surface area contributed by atoms with Gasteiger partial charge in [0.1, 0.15) is 5.75 Å². The first kappa shape index (κ1) is 14.1. The first-order valence-electron chi connectivity index (χ1n) is 5.11. The topological polar surface area (TPSA) is 67.8 Å². The number of rotatable bonds is 4. The van der Waals surface area contributed by atoms with Crippen LogP contribution >= 0.6 is 0 Å². The highest BCUT2D eigenvalue weighted by Crippen LogP contribution is 2.23. The predicted octanol–water partition coefficient (Wildman–Crippen LogP) is 2.42. The van der Waals surface area contributed by atoms with Crippen LogP contribution in [-0.4, -0.2) is 23.8 Å². The van der Waals surface area contributed by atoms with E-state index in [1.807, 2.05) is 0 Å². The third-order valence-corrected chi connectivity index (χ3v) is 2.16. The van der Waals surface area contributed by atoms with Crippen LogP contribution in [-0.2, 0) is 0 Å². The molecule has 18 heavy (non-hydrogen) atoms. The second kappa shape index (κ2) is 5.61. The van der Waals surface area contributed by atoms with Gasteiger partial charge in [-0.15, -0.1) is 0 Å². The SMILES string of the molecule is Cc1ccc(OCCC(F)(F)F)c(/C(N)=N/O)c1. The van der Waals surface area contributed by atoms with Gasteiger partial charge < -0.3 is 15.7 Å². The lowest BCUT2D eigenvalue weighted by atomic mass is 10.1. The van der Waals surface area contributed by atoms with Crippen LogP contribution < -0.4 is 10.5 Å². The summed E-state index contributed by atoms with van der Waals surface area (Å²) in [6.45, 7) is 1.26. The fourth-order valence-electron chi connectivity index (χ4n) is 1.30. The van der Waals surface area contributed by atoms with Crippen LogP contribution in [0.25, 0.3) is 0 Å². The van der Waals surface area contributed by atoms with Crippen molar-refractivity contribution in [3.8, 4) is 5.75 Å². The number of aryl methyl sites for hydroxylation is 1. The number of nitrogens with two attached hydrogens (primary N) is 1. The zero-order valence-corrected chi connectivity index (χ0v) is 9.66. The Kier molecular flexibility index (Phi) is 4.41. The minimum atomic E-state index is -4.28. The van der Waals surface area contributed by atoms with E-state index in [4.69, 9.17) is 15.7 Å². The van der Waals surface area contributed by atoms with Gasteiger partial charge in [-0.1, -0.05) is 16.8 Å². The molecule has 0 unspecified atom stereocenters. The maximum atomic E-state index is 12.0. The van der Waals surface area contributed by atoms with Gasteiger partial charge in [0.2, 0.25) is 0 Å². The Bertz CT molecular complexity index is 444. The average molecular weight is 262 g/mol. The van der Waals surface area contributed by atoms with Crippen LogP contribution in [0.15, 0.2) is 23.4 Å². The van der Waals surface area contributed by atoms with Crippen molar-refractivity contribution < 1.29 is 23.1 Å². The molecule has 0 saturated carbocycles. The quantitative estimate of drug-likeness (QED) is 0.379. The molecule has 0 aliphatic heterocycles. The van der Waals surface area contributed by atoms with Crippen molar-refractivity contribution in [3.63, 3.8) is 0 Å². The molecular formula is C11H13F3N2O2. The molecule has 0 spiro atoms. The zero-order valence-electron chi connectivity index (χ0n) is 9.66. The molecule has 0 aliphatic rings. The van der Waals surface area contributed by atoms with Gasteiger partial charge in [0.25, 0.3) is 0 Å². The lowest BCUT2D eigenvalue weighted by molar-refractivity contribution is -0.139. The maximum Gasteiger partial charge on any atom is 0.392 e. The molecule has 0 amide bonds. The number of hydrogen-bond acceptors (Lipinski definition) is 3. The number of hydrogen-bond donors (Lipinski definition) is 2. The zero-order chi connectivity index (χ0) is 13.8. The molecule has 0 bridgehead atoms. The second-order valence-corrected chi connectivity index (χ2v) is 3.70. The Morgan fingerprint density at radius 3 is 2.67 bits per heavy atom. The normalized spacial score (nSPS) is 12.6. The molecule has 0 radical (unpaired) electrons. The number of nitrogens with zero attached hydrogens (tertiary/aromatic N) is 1. The van der Waals surface area contributed by atoms with Gasteiger partial charge in [-0.25, -0.2) is 0 Å². The van der Waals surface area contributed by atoms with E-state index in [0.717, 1.165) is 5.56 Å². The molecule has 7 heteroatoms. The average Bonchev–Trinajstić information content (AvgIpc) is 2.28. The van der Waals surface area contributed by atoms with E-state index in [0.29, 0.717) is 0 Å². The maximum absolute atomic E-state index is 12.0. The second-order valence-electron chi connectivity index (χ2n) is 3.70. The third kappa shape index (κ3) is 4.15. The summed E-state index contributed by atoms with van der Waals surface area (Å²) >= 11 is 0. The van der Waals surface area contributed by atoms with Crippen molar-refractivity contribution in [2.45, 2.75) is 19.5 Å². The van der Waals surface area contributed by atoms with Crippen molar-refractivity contribution >= 4 is 5.84 Å². The number of ether oxygens (including phenoxy) is 1. The number of benzene rings is 1. The van der Waals surface area contributed by atoms with Crippen molar-refractivity contribution in [3.05, 3.63) is 29.3 Å². The molecule has 1 rings (SSSR count). The molecule has 0 aromatic heterocycles. The smallest absolute Gasteiger partial charge is 0.392 e. The Labute approximate surface area is 102 Å². The van der Waals surface area contributed by atoms with E-state index in [1.165, 1.54) is 6.07 Å². The van der Waals surface area contributed by atoms with Gasteiger partial charge in [-0.2, -0.15) is 13.2 Å². The summed E-state index contributed by atoms with van der Waals surface area (Å²) < 4.78 is 40.9. The molecule has 1 aromatic carbocycles. The van der Waals surface area contributed by atoms with Crippen molar-refractivity contribution in [2.75, 3.05) is 6.61 Å². The van der Waals surface area contributed by atoms with Gasteiger partial charge in [-0.05, 0) is 19.1 Å². The van der Waals surface area contributed by atoms with E-state index < -0.39 is 19.2 Å². The predicted molar refractivity (Wildman–Crippen MR) is 59.9 cm³/mol. The molecule has 4 nitrogen and oxygen atoms in total. The molecule has 1 aromatic rings. The highest BCUT2D eigenvalue weighted by Gasteiger charge is 2.27. The summed E-state index contributed by atoms with van der Waals surface area (Å²) in [7, 11) is 0. The summed E-state index contributed by atoms with van der Waals surface area (Å²) in [5.74, 6) is -0.0548. The molecule has 0 atom stereocenters. The highest BCUT2D eigenvalue weighted by atomic mass is 19.4. The number of oxime groups is 1. The summed E-state index contributed by atoms with van der Waals surface area (Å²) in [5, 5.41) is 11.4. The minimum Gasteiger partial charge on any atom is -0.492 e. The number of alkyl halides is 3. The molecule has 100 valence electrons. The van der Waals surface area contributed by atoms with Gasteiger partial charge in [0.15, 0.2) is 5.84 Å². The number of halogens is 3. The van der Waals surface area contributed by atoms with E-state index in [2.05, 4.69) is 5.16 Å². The molecule has 0 heterocycles. The first-order valence-corrected chi connectivity index (χ1v) is 5.11. The van der Waals surface area contributed by atoms with Crippen molar-refractivity contribution in [1.29, 1.82) is 0 Å². The van der Waals surface area contributed by atoms with Gasteiger partial charge in [0, 0.05) is 0 Å². The lowest BCUT2D eigenvalue weighted by Crippen LogP contribution is -2.17. The molecule has 0 saturated heterocycles. The van der Waals surface area contributed by atoms with E-state index in [1.54, 1.807) is 19.1 Å². The van der Waals surface area contributed by atoms with Crippen LogP contribution in [0.1, 0.15) is 17.5 Å². The molecule has 0 fully saturated rings. The lowest BCUT2D eigenvalue weighted by Gasteiger charge is -2.12. The molecular weight excluding hydrogens is 249 g/mol. The Hall–Kier alpha value is -1.92. The van der Waals surface area contributed by atoms with Crippen LogP contribution in [0.3, 0.4) is 0 Å². The molecule has 3 N–H and O–H groups in total. The monoisotopic (exact) mass is 262 g/mol. The first-order chi connectivity index (χ1) is 8.33. The van der Waals surface area contributed by atoms with Crippen LogP contribution in [0.4, 0.5) is 13.2 Å². The Morgan fingerprint density at radius 1 is 1.44 bits per heavy atom. The van der Waals surface area contributed by atoms with E-state index in [9.17, 15) is 13.2 Å². The standard InChI is InChI=1S/C11H13F3N2O2/c1-7-2-3-9(8(6-7)10(15)16-17)18-5-4-11(12,13)14/h2-3,6,17H,4-5H2,1H3,(H2,15,16). The van der Waals surface area contributed by atoms with Crippen LogP contribution in [0.2, 0.25) is 0 Å². The number of amidine groups is 1. The van der Waals surface area contributed by atoms with Crippen LogP contribution in [0.5, 0.6) is 5.75 Å². The van der Waals surface area contributed by atoms with E-state index >= 15 is 0 Å². The summed E-state index contributed by atoms with van der Waals surface area (Å²) in [6.07, 6.45) is -5.34. The van der Waals surface area contributed by atoms with Gasteiger partial charge in [0.05, 0.1) is 18.6 Å². The fraction of sp³-hybridized carbons (Fsp3) is 0.364. The summed E-state index contributed by atoms with van der Waals surface area (Å²) in [4.78, 5) is 0. The van der Waals surface area contributed by atoms with Crippen LogP contribution in [0, 0.1) is 6.92 Å². The van der Waals surface area contributed by atoms with E-state index in [-0.39, 0.29) is 17.1 Å². The third-order valence-electron chi connectivity index (χ3n) is 2.16. The molecule has 0 aliphatic carbocycles. The largest absolute Gasteiger partial charge is 0.492 e. The highest BCUT2D eigenvalue weighted by molar-refractivity contribution is 5.99. The van der Waals surface area contributed by atoms with Crippen molar-refractivity contribution in [2.24, 2.45) is 10.9 Å². The fourth-order valence-corrected chi connectivity index (χ4v) is 1.30. The summed E-state index contributed by atoms with van der Waals surface area (Å²) in [5.41, 5.74) is 6.50. The Balaban J connectivity index is 2.82. The summed E-state index contributed by atoms with van der Waals surface area (Å²) in [6, 6.07) is 4.72. The minimum absolute atomic E-state index is 0.153. The van der Waals surface area contributed by atoms with Gasteiger partial charge >= 0.3 is 6.18 Å².